The number of piperidine rings is 1. The van der Waals surface area contributed by atoms with Crippen LogP contribution in [-0.4, -0.2) is 66.9 Å². The van der Waals surface area contributed by atoms with Crippen LogP contribution in [0.25, 0.3) is 0 Å². The average Bonchev–Trinajstić information content (AvgIpc) is 3.40. The zero-order valence-corrected chi connectivity index (χ0v) is 19.6. The van der Waals surface area contributed by atoms with E-state index in [1.54, 1.807) is 43.5 Å². The van der Waals surface area contributed by atoms with Crippen molar-refractivity contribution >= 4 is 29.1 Å². The molecular weight excluding hydrogens is 432 g/mol. The van der Waals surface area contributed by atoms with E-state index in [1.807, 2.05) is 21.9 Å². The Bertz CT molecular complexity index is 1020. The molecule has 8 heteroatoms. The second kappa shape index (κ2) is 11.2. The number of anilines is 2. The second-order valence-corrected chi connectivity index (χ2v) is 8.79. The lowest BCUT2D eigenvalue weighted by atomic mass is 10.0. The van der Waals surface area contributed by atoms with Crippen molar-refractivity contribution in [1.82, 2.24) is 9.80 Å². The highest BCUT2D eigenvalue weighted by molar-refractivity contribution is 6.05. The van der Waals surface area contributed by atoms with Crippen molar-refractivity contribution in [2.75, 3.05) is 43.9 Å². The van der Waals surface area contributed by atoms with Gasteiger partial charge in [0.1, 0.15) is 5.75 Å². The van der Waals surface area contributed by atoms with E-state index in [0.717, 1.165) is 51.7 Å². The van der Waals surface area contributed by atoms with Crippen molar-refractivity contribution in [1.29, 1.82) is 0 Å². The highest BCUT2D eigenvalue weighted by atomic mass is 16.5. The second-order valence-electron chi connectivity index (χ2n) is 8.79. The van der Waals surface area contributed by atoms with Gasteiger partial charge >= 0.3 is 0 Å². The van der Waals surface area contributed by atoms with Crippen molar-refractivity contribution in [3.63, 3.8) is 0 Å². The van der Waals surface area contributed by atoms with E-state index in [9.17, 15) is 14.4 Å². The van der Waals surface area contributed by atoms with E-state index >= 15 is 0 Å². The number of likely N-dealkylation sites (tertiary alicyclic amines) is 2. The average molecular weight is 465 g/mol. The van der Waals surface area contributed by atoms with Gasteiger partial charge in [0.25, 0.3) is 5.91 Å². The van der Waals surface area contributed by atoms with Gasteiger partial charge in [-0.05, 0) is 68.6 Å². The van der Waals surface area contributed by atoms with Gasteiger partial charge in [-0.3, -0.25) is 19.3 Å². The number of carbonyl (C=O) groups is 3. The van der Waals surface area contributed by atoms with Crippen LogP contribution < -0.4 is 15.4 Å². The summed E-state index contributed by atoms with van der Waals surface area (Å²) in [6.07, 6.45) is 4.93. The predicted molar refractivity (Wildman–Crippen MR) is 131 cm³/mol. The van der Waals surface area contributed by atoms with Crippen molar-refractivity contribution in [2.45, 2.75) is 38.1 Å². The molecule has 2 heterocycles. The first-order valence-electron chi connectivity index (χ1n) is 11.9. The van der Waals surface area contributed by atoms with Crippen molar-refractivity contribution in [3.05, 3.63) is 54.1 Å². The largest absolute Gasteiger partial charge is 0.495 e. The maximum atomic E-state index is 12.9. The van der Waals surface area contributed by atoms with E-state index in [-0.39, 0.29) is 30.3 Å². The predicted octanol–water partition coefficient (Wildman–Crippen LogP) is 3.36. The van der Waals surface area contributed by atoms with E-state index in [0.29, 0.717) is 22.7 Å². The molecule has 1 unspecified atom stereocenters. The van der Waals surface area contributed by atoms with E-state index in [2.05, 4.69) is 10.6 Å². The normalized spacial score (nSPS) is 18.4. The molecule has 3 amide bonds. The third-order valence-electron chi connectivity index (χ3n) is 6.45. The molecule has 4 rings (SSSR count). The maximum Gasteiger partial charge on any atom is 0.255 e. The Hall–Kier alpha value is -3.39. The zero-order valence-electron chi connectivity index (χ0n) is 19.6. The molecule has 0 spiro atoms. The Labute approximate surface area is 200 Å². The van der Waals surface area contributed by atoms with Gasteiger partial charge in [0, 0.05) is 24.3 Å². The van der Waals surface area contributed by atoms with Crippen LogP contribution in [0.3, 0.4) is 0 Å². The Morgan fingerprint density at radius 1 is 0.912 bits per heavy atom. The fraction of sp³-hybridized carbons (Fsp3) is 0.423. The van der Waals surface area contributed by atoms with Gasteiger partial charge in [0.05, 0.1) is 25.4 Å². The van der Waals surface area contributed by atoms with Gasteiger partial charge in [-0.25, -0.2) is 0 Å². The van der Waals surface area contributed by atoms with Crippen LogP contribution in [0.5, 0.6) is 5.75 Å². The fourth-order valence-electron chi connectivity index (χ4n) is 4.64. The van der Waals surface area contributed by atoms with Gasteiger partial charge in [-0.1, -0.05) is 18.6 Å². The molecule has 0 aromatic heterocycles. The van der Waals surface area contributed by atoms with Crippen LogP contribution >= 0.6 is 0 Å². The summed E-state index contributed by atoms with van der Waals surface area (Å²) in [6, 6.07) is 13.7. The van der Waals surface area contributed by atoms with Gasteiger partial charge in [-0.15, -0.1) is 0 Å². The number of ether oxygens (including phenoxy) is 1. The summed E-state index contributed by atoms with van der Waals surface area (Å²) in [5.41, 5.74) is 1.67. The summed E-state index contributed by atoms with van der Waals surface area (Å²) in [4.78, 5) is 42.2. The third-order valence-corrected chi connectivity index (χ3v) is 6.45. The topological polar surface area (TPSA) is 91.0 Å². The molecule has 2 aliphatic rings. The molecule has 34 heavy (non-hydrogen) atoms. The summed E-state index contributed by atoms with van der Waals surface area (Å²) in [5.74, 6) is 0.320. The SMILES string of the molecule is COc1ccccc1NC(=O)c1ccc(NC(=O)CN2CCCCC2C(=O)N2CCCC2)cc1. The Morgan fingerprint density at radius 2 is 1.62 bits per heavy atom. The minimum Gasteiger partial charge on any atom is -0.495 e. The maximum absolute atomic E-state index is 12.9. The highest BCUT2D eigenvalue weighted by Gasteiger charge is 2.33. The van der Waals surface area contributed by atoms with Crippen molar-refractivity contribution in [3.8, 4) is 5.75 Å². The first kappa shape index (κ1) is 23.8. The van der Waals surface area contributed by atoms with Gasteiger partial charge in [-0.2, -0.15) is 0 Å². The summed E-state index contributed by atoms with van der Waals surface area (Å²) in [7, 11) is 1.55. The quantitative estimate of drug-likeness (QED) is 0.656. The first-order valence-corrected chi connectivity index (χ1v) is 11.9. The Kier molecular flexibility index (Phi) is 7.80. The minimum absolute atomic E-state index is 0.160. The van der Waals surface area contributed by atoms with Crippen LogP contribution in [0, 0.1) is 0 Å². The minimum atomic E-state index is -0.265. The number of nitrogens with one attached hydrogen (secondary N) is 2. The molecule has 2 saturated heterocycles. The summed E-state index contributed by atoms with van der Waals surface area (Å²) >= 11 is 0. The molecule has 2 N–H and O–H groups in total. The third kappa shape index (κ3) is 5.75. The van der Waals surface area contributed by atoms with E-state index in [1.165, 1.54) is 0 Å². The lowest BCUT2D eigenvalue weighted by molar-refractivity contribution is -0.137. The van der Waals surface area contributed by atoms with Crippen molar-refractivity contribution < 1.29 is 19.1 Å². The molecule has 2 aromatic rings. The molecule has 0 aliphatic carbocycles. The van der Waals surface area contributed by atoms with Crippen LogP contribution in [0.1, 0.15) is 42.5 Å². The lowest BCUT2D eigenvalue weighted by Gasteiger charge is -2.36. The zero-order chi connectivity index (χ0) is 23.9. The lowest BCUT2D eigenvalue weighted by Crippen LogP contribution is -2.52. The standard InChI is InChI=1S/C26H32N4O4/c1-34-23-10-3-2-8-21(23)28-25(32)19-11-13-20(14-12-19)27-24(31)18-30-17-5-4-9-22(30)26(33)29-15-6-7-16-29/h2-3,8,10-14,22H,4-7,9,15-18H2,1H3,(H,27,31)(H,28,32). The monoisotopic (exact) mass is 464 g/mol. The molecule has 0 saturated carbocycles. The molecule has 2 aromatic carbocycles. The Morgan fingerprint density at radius 3 is 2.35 bits per heavy atom. The summed E-state index contributed by atoms with van der Waals surface area (Å²) in [6.45, 7) is 2.58. The van der Waals surface area contributed by atoms with E-state index < -0.39 is 0 Å². The fourth-order valence-corrected chi connectivity index (χ4v) is 4.64. The molecular formula is C26H32N4O4. The smallest absolute Gasteiger partial charge is 0.255 e. The molecule has 180 valence electrons. The molecule has 0 radical (unpaired) electrons. The number of rotatable bonds is 7. The number of amides is 3. The number of para-hydroxylation sites is 2. The molecule has 0 bridgehead atoms. The van der Waals surface area contributed by atoms with Gasteiger partial charge in [0.15, 0.2) is 0 Å². The number of hydrogen-bond donors (Lipinski definition) is 2. The van der Waals surface area contributed by atoms with Crippen LogP contribution in [0.2, 0.25) is 0 Å². The number of nitrogens with zero attached hydrogens (tertiary/aromatic N) is 2. The van der Waals surface area contributed by atoms with Gasteiger partial charge in [0.2, 0.25) is 11.8 Å². The van der Waals surface area contributed by atoms with E-state index in [4.69, 9.17) is 4.74 Å². The Balaban J connectivity index is 1.33. The number of hydrogen-bond acceptors (Lipinski definition) is 5. The number of benzene rings is 2. The molecule has 2 fully saturated rings. The molecule has 2 aliphatic heterocycles. The molecule has 1 atom stereocenters. The number of methoxy groups -OCH3 is 1. The first-order chi connectivity index (χ1) is 16.5. The van der Waals surface area contributed by atoms with Crippen molar-refractivity contribution in [2.24, 2.45) is 0 Å². The van der Waals surface area contributed by atoms with Gasteiger partial charge < -0.3 is 20.3 Å². The summed E-state index contributed by atoms with van der Waals surface area (Å²) in [5, 5.41) is 5.73. The molecule has 8 nitrogen and oxygen atoms in total. The van der Waals surface area contributed by atoms with Crippen LogP contribution in [0.15, 0.2) is 48.5 Å². The highest BCUT2D eigenvalue weighted by Crippen LogP contribution is 2.24. The van der Waals surface area contributed by atoms with Crippen LogP contribution in [-0.2, 0) is 9.59 Å². The summed E-state index contributed by atoms with van der Waals surface area (Å²) < 4.78 is 5.27. The van der Waals surface area contributed by atoms with Crippen LogP contribution in [0.4, 0.5) is 11.4 Å². The number of carbonyl (C=O) groups excluding carboxylic acids is 3.